The summed E-state index contributed by atoms with van der Waals surface area (Å²) in [5.74, 6) is 1.35. The van der Waals surface area contributed by atoms with E-state index in [9.17, 15) is 5.26 Å². The van der Waals surface area contributed by atoms with Gasteiger partial charge in [0.2, 0.25) is 0 Å². The molecule has 0 aliphatic carbocycles. The summed E-state index contributed by atoms with van der Waals surface area (Å²) < 4.78 is 13.0. The van der Waals surface area contributed by atoms with Crippen molar-refractivity contribution < 1.29 is 9.47 Å². The maximum atomic E-state index is 9.69. The van der Waals surface area contributed by atoms with Crippen LogP contribution < -0.4 is 14.3 Å². The highest BCUT2D eigenvalue weighted by atomic mass is 35.5. The lowest BCUT2D eigenvalue weighted by Gasteiger charge is -2.21. The number of methoxy groups -OCH3 is 2. The Morgan fingerprint density at radius 2 is 1.85 bits per heavy atom. The molecule has 0 unspecified atom stereocenters. The molecule has 2 heterocycles. The fraction of sp³-hybridized carbons (Fsp3) is 0.200. The number of thiazole rings is 1. The molecule has 0 fully saturated rings. The second-order valence-electron chi connectivity index (χ2n) is 6.03. The largest absolute Gasteiger partial charge is 0.493 e. The van der Waals surface area contributed by atoms with Crippen molar-refractivity contribution in [3.63, 3.8) is 0 Å². The third-order valence-corrected chi connectivity index (χ3v) is 5.77. The molecule has 4 rings (SSSR count). The average Bonchev–Trinajstić information content (AvgIpc) is 3.06. The Bertz CT molecular complexity index is 1120. The Morgan fingerprint density at radius 1 is 1.15 bits per heavy atom. The number of hydrogen-bond acceptors (Lipinski definition) is 5. The van der Waals surface area contributed by atoms with E-state index in [0.717, 1.165) is 40.3 Å². The second kappa shape index (κ2) is 7.10. The molecule has 1 aromatic heterocycles. The van der Waals surface area contributed by atoms with Crippen LogP contribution in [0.3, 0.4) is 0 Å². The molecule has 3 aromatic rings. The summed E-state index contributed by atoms with van der Waals surface area (Å²) in [6.07, 6.45) is 0.831. The first kappa shape index (κ1) is 17.7. The van der Waals surface area contributed by atoms with Crippen LogP contribution in [0.25, 0.3) is 11.3 Å². The van der Waals surface area contributed by atoms with E-state index in [1.165, 1.54) is 11.3 Å². The molecule has 5 nitrogen and oxygen atoms in total. The van der Waals surface area contributed by atoms with Crippen LogP contribution in [0.15, 0.2) is 41.4 Å². The molecule has 1 aliphatic heterocycles. The number of fused-ring (bicyclic) bond motifs is 3. The molecule has 0 N–H and O–H groups in total. The van der Waals surface area contributed by atoms with Crippen molar-refractivity contribution in [2.75, 3.05) is 14.2 Å². The van der Waals surface area contributed by atoms with E-state index in [1.807, 2.05) is 36.4 Å². The van der Waals surface area contributed by atoms with Crippen molar-refractivity contribution in [1.29, 1.82) is 5.26 Å². The molecular weight excluding hydrogens is 382 g/mol. The Hall–Kier alpha value is -2.75. The van der Waals surface area contributed by atoms with Crippen LogP contribution in [0.2, 0.25) is 5.02 Å². The molecule has 0 spiro atoms. The highest BCUT2D eigenvalue weighted by molar-refractivity contribution is 7.10. The first-order valence-corrected chi connectivity index (χ1v) is 9.53. The van der Waals surface area contributed by atoms with Gasteiger partial charge in [0.1, 0.15) is 10.9 Å². The predicted molar refractivity (Wildman–Crippen MR) is 106 cm³/mol. The minimum Gasteiger partial charge on any atom is -0.493 e. The maximum Gasteiger partial charge on any atom is 0.191 e. The van der Waals surface area contributed by atoms with Crippen LogP contribution in [0.5, 0.6) is 11.5 Å². The molecular formula is C20H16ClN3O2S. The summed E-state index contributed by atoms with van der Waals surface area (Å²) in [4.78, 5) is 6.16. The van der Waals surface area contributed by atoms with Gasteiger partial charge in [-0.15, -0.1) is 0 Å². The van der Waals surface area contributed by atoms with Crippen molar-refractivity contribution in [2.24, 2.45) is 4.99 Å². The van der Waals surface area contributed by atoms with Crippen LogP contribution in [0.1, 0.15) is 10.4 Å². The van der Waals surface area contributed by atoms with E-state index in [-0.39, 0.29) is 0 Å². The van der Waals surface area contributed by atoms with Gasteiger partial charge in [0, 0.05) is 17.1 Å². The quantitative estimate of drug-likeness (QED) is 0.651. The number of aromatic nitrogens is 1. The summed E-state index contributed by atoms with van der Waals surface area (Å²) in [5.41, 5.74) is 3.82. The molecule has 27 heavy (non-hydrogen) atoms. The zero-order valence-corrected chi connectivity index (χ0v) is 16.4. The lowest BCUT2D eigenvalue weighted by atomic mass is 9.96. The van der Waals surface area contributed by atoms with Crippen molar-refractivity contribution in [3.8, 4) is 28.8 Å². The molecule has 1 aliphatic rings. The zero-order chi connectivity index (χ0) is 19.0. The van der Waals surface area contributed by atoms with Gasteiger partial charge in [-0.3, -0.25) is 0 Å². The molecule has 136 valence electrons. The van der Waals surface area contributed by atoms with Gasteiger partial charge in [-0.05, 0) is 48.4 Å². The molecule has 0 amide bonds. The number of halogens is 1. The zero-order valence-electron chi connectivity index (χ0n) is 14.8. The summed E-state index contributed by atoms with van der Waals surface area (Å²) in [7, 11) is 3.24. The summed E-state index contributed by atoms with van der Waals surface area (Å²) in [6.45, 7) is 0.752. The number of nitrogens with zero attached hydrogens (tertiary/aromatic N) is 3. The van der Waals surface area contributed by atoms with Crippen LogP contribution in [0.4, 0.5) is 5.69 Å². The van der Waals surface area contributed by atoms with E-state index < -0.39 is 0 Å². The average molecular weight is 398 g/mol. The third-order valence-electron chi connectivity index (χ3n) is 4.53. The van der Waals surface area contributed by atoms with Crippen LogP contribution >= 0.6 is 22.9 Å². The Labute approximate surface area is 165 Å². The fourth-order valence-corrected chi connectivity index (χ4v) is 4.37. The fourth-order valence-electron chi connectivity index (χ4n) is 3.25. The molecule has 0 radical (unpaired) electrons. The van der Waals surface area contributed by atoms with Gasteiger partial charge in [0.05, 0.1) is 25.6 Å². The van der Waals surface area contributed by atoms with Gasteiger partial charge in [0.25, 0.3) is 0 Å². The molecule has 0 saturated heterocycles. The molecule has 7 heteroatoms. The summed E-state index contributed by atoms with van der Waals surface area (Å²) in [5, 5.41) is 10.4. The van der Waals surface area contributed by atoms with Gasteiger partial charge < -0.3 is 14.0 Å². The van der Waals surface area contributed by atoms with Gasteiger partial charge >= 0.3 is 0 Å². The topological polar surface area (TPSA) is 59.5 Å². The van der Waals surface area contributed by atoms with E-state index in [2.05, 4.69) is 10.6 Å². The monoisotopic (exact) mass is 397 g/mol. The van der Waals surface area contributed by atoms with Gasteiger partial charge in [0.15, 0.2) is 16.3 Å². The lowest BCUT2D eigenvalue weighted by Crippen LogP contribution is -2.21. The van der Waals surface area contributed by atoms with Crippen LogP contribution in [0, 0.1) is 11.3 Å². The van der Waals surface area contributed by atoms with Crippen molar-refractivity contribution >= 4 is 28.6 Å². The first-order chi connectivity index (χ1) is 13.1. The van der Waals surface area contributed by atoms with Crippen molar-refractivity contribution in [2.45, 2.75) is 13.0 Å². The maximum absolute atomic E-state index is 9.69. The number of nitriles is 1. The van der Waals surface area contributed by atoms with Crippen LogP contribution in [-0.2, 0) is 13.0 Å². The SMILES string of the molecule is COc1cc2c(cc1OC)-c1c(C#N)sc(=Nc3ccc(Cl)cc3)n1CC2. The predicted octanol–water partition coefficient (Wildman–Crippen LogP) is 4.55. The minimum atomic E-state index is 0.635. The summed E-state index contributed by atoms with van der Waals surface area (Å²) in [6, 6.07) is 13.6. The van der Waals surface area contributed by atoms with Gasteiger partial charge in [-0.25, -0.2) is 4.99 Å². The summed E-state index contributed by atoms with van der Waals surface area (Å²) >= 11 is 7.35. The Kier molecular flexibility index (Phi) is 4.65. The van der Waals surface area contributed by atoms with E-state index in [0.29, 0.717) is 21.4 Å². The Morgan fingerprint density at radius 3 is 2.52 bits per heavy atom. The minimum absolute atomic E-state index is 0.635. The highest BCUT2D eigenvalue weighted by Crippen LogP contribution is 2.40. The number of rotatable bonds is 3. The Balaban J connectivity index is 1.93. The normalized spacial score (nSPS) is 12.9. The second-order valence-corrected chi connectivity index (χ2v) is 7.44. The molecule has 0 bridgehead atoms. The van der Waals surface area contributed by atoms with Gasteiger partial charge in [-0.1, -0.05) is 22.9 Å². The molecule has 0 saturated carbocycles. The number of aryl methyl sites for hydroxylation is 1. The smallest absolute Gasteiger partial charge is 0.191 e. The number of benzene rings is 2. The van der Waals surface area contributed by atoms with Gasteiger partial charge in [-0.2, -0.15) is 5.26 Å². The van der Waals surface area contributed by atoms with Crippen molar-refractivity contribution in [3.05, 3.63) is 56.7 Å². The molecule has 0 atom stereocenters. The van der Waals surface area contributed by atoms with E-state index >= 15 is 0 Å². The van der Waals surface area contributed by atoms with Crippen molar-refractivity contribution in [1.82, 2.24) is 4.57 Å². The molecule has 2 aromatic carbocycles. The number of hydrogen-bond donors (Lipinski definition) is 0. The number of ether oxygens (including phenoxy) is 2. The first-order valence-electron chi connectivity index (χ1n) is 8.34. The third kappa shape index (κ3) is 3.09. The van der Waals surface area contributed by atoms with E-state index in [4.69, 9.17) is 26.1 Å². The highest BCUT2D eigenvalue weighted by Gasteiger charge is 2.24. The van der Waals surface area contributed by atoms with E-state index in [1.54, 1.807) is 14.2 Å². The lowest BCUT2D eigenvalue weighted by molar-refractivity contribution is 0.354. The van der Waals surface area contributed by atoms with Crippen LogP contribution in [-0.4, -0.2) is 18.8 Å². The standard InChI is InChI=1S/C20H16ClN3O2S/c1-25-16-9-12-7-8-24-19(15(12)10-17(16)26-2)18(11-22)27-20(24)23-14-5-3-13(21)4-6-14/h3-6,9-10H,7-8H2,1-2H3.